The number of benzene rings is 1. The van der Waals surface area contributed by atoms with Crippen LogP contribution in [-0.4, -0.2) is 47.1 Å². The van der Waals surface area contributed by atoms with E-state index >= 15 is 0 Å². The number of ether oxygens (including phenoxy) is 2. The van der Waals surface area contributed by atoms with E-state index in [9.17, 15) is 19.8 Å². The van der Waals surface area contributed by atoms with Crippen molar-refractivity contribution in [2.24, 2.45) is 0 Å². The number of rotatable bonds is 5. The second-order valence-corrected chi connectivity index (χ2v) is 4.28. The van der Waals surface area contributed by atoms with Crippen molar-refractivity contribution in [3.8, 4) is 0 Å². The third-order valence-corrected chi connectivity index (χ3v) is 2.80. The van der Waals surface area contributed by atoms with Crippen LogP contribution in [0, 0.1) is 0 Å². The van der Waals surface area contributed by atoms with Gasteiger partial charge in [-0.2, -0.15) is 0 Å². The lowest BCUT2D eigenvalue weighted by molar-refractivity contribution is -0.147. The Kier molecular flexibility index (Phi) is 4.49. The van der Waals surface area contributed by atoms with Crippen molar-refractivity contribution in [3.63, 3.8) is 0 Å². The normalized spacial score (nSPS) is 20.3. The van der Waals surface area contributed by atoms with Gasteiger partial charge in [-0.15, -0.1) is 0 Å². The molecule has 0 aromatic heterocycles. The Bertz CT molecular complexity index is 510. The molecule has 0 unspecified atom stereocenters. The van der Waals surface area contributed by atoms with Gasteiger partial charge in [0.25, 0.3) is 0 Å². The van der Waals surface area contributed by atoms with Crippen LogP contribution in [0.1, 0.15) is 10.4 Å². The zero-order valence-electron chi connectivity index (χ0n) is 10.5. The van der Waals surface area contributed by atoms with Gasteiger partial charge >= 0.3 is 11.9 Å². The van der Waals surface area contributed by atoms with Crippen LogP contribution in [0.4, 0.5) is 0 Å². The monoisotopic (exact) mass is 278 g/mol. The molecule has 20 heavy (non-hydrogen) atoms. The molecule has 1 aliphatic rings. The predicted octanol–water partition coefficient (Wildman–Crippen LogP) is 0.0468. The molecule has 0 aliphatic carbocycles. The standard InChI is InChI=1S/C14H14O6/c15-10(13(17)11-6-7-12(16)20-11)8-19-14(18)9-4-2-1-3-5-9/h1-7,10-11,13,15,17H,8H2/t10-,11-,13-/m1/s1. The van der Waals surface area contributed by atoms with Gasteiger partial charge in [0, 0.05) is 6.08 Å². The number of hydrogen-bond acceptors (Lipinski definition) is 6. The van der Waals surface area contributed by atoms with Crippen molar-refractivity contribution in [1.29, 1.82) is 0 Å². The minimum atomic E-state index is -1.35. The van der Waals surface area contributed by atoms with Crippen molar-refractivity contribution in [3.05, 3.63) is 48.0 Å². The molecule has 0 saturated heterocycles. The number of aliphatic hydroxyl groups is 2. The Labute approximate surface area is 115 Å². The molecule has 0 bridgehead atoms. The van der Waals surface area contributed by atoms with Gasteiger partial charge in [-0.25, -0.2) is 9.59 Å². The number of cyclic esters (lactones) is 1. The van der Waals surface area contributed by atoms with Crippen molar-refractivity contribution in [2.45, 2.75) is 18.3 Å². The van der Waals surface area contributed by atoms with Crippen molar-refractivity contribution < 1.29 is 29.3 Å². The molecule has 1 aromatic rings. The number of esters is 2. The number of carbonyl (C=O) groups is 2. The first-order valence-electron chi connectivity index (χ1n) is 6.05. The summed E-state index contributed by atoms with van der Waals surface area (Å²) in [6, 6.07) is 8.28. The van der Waals surface area contributed by atoms with Gasteiger partial charge in [-0.05, 0) is 18.2 Å². The Hall–Kier alpha value is -2.18. The molecule has 6 nitrogen and oxygen atoms in total. The largest absolute Gasteiger partial charge is 0.459 e. The van der Waals surface area contributed by atoms with E-state index in [1.165, 1.54) is 6.08 Å². The average Bonchev–Trinajstić information content (AvgIpc) is 2.91. The topological polar surface area (TPSA) is 93.1 Å². The van der Waals surface area contributed by atoms with E-state index in [0.29, 0.717) is 5.56 Å². The van der Waals surface area contributed by atoms with Crippen LogP contribution >= 0.6 is 0 Å². The fourth-order valence-corrected chi connectivity index (χ4v) is 1.71. The summed E-state index contributed by atoms with van der Waals surface area (Å²) in [4.78, 5) is 22.5. The molecule has 2 N–H and O–H groups in total. The molecule has 0 saturated carbocycles. The quantitative estimate of drug-likeness (QED) is 0.739. The van der Waals surface area contributed by atoms with E-state index in [1.807, 2.05) is 0 Å². The predicted molar refractivity (Wildman–Crippen MR) is 67.8 cm³/mol. The van der Waals surface area contributed by atoms with Gasteiger partial charge in [-0.3, -0.25) is 0 Å². The van der Waals surface area contributed by atoms with Gasteiger partial charge < -0.3 is 19.7 Å². The van der Waals surface area contributed by atoms with Gasteiger partial charge in [-0.1, -0.05) is 18.2 Å². The van der Waals surface area contributed by atoms with Gasteiger partial charge in [0.1, 0.15) is 24.9 Å². The molecular weight excluding hydrogens is 264 g/mol. The number of aliphatic hydroxyl groups excluding tert-OH is 2. The summed E-state index contributed by atoms with van der Waals surface area (Å²) in [5.74, 6) is -1.18. The highest BCUT2D eigenvalue weighted by Gasteiger charge is 2.31. The summed E-state index contributed by atoms with van der Waals surface area (Å²) in [6.07, 6.45) is -1.11. The highest BCUT2D eigenvalue weighted by Crippen LogP contribution is 2.13. The van der Waals surface area contributed by atoms with E-state index in [2.05, 4.69) is 0 Å². The van der Waals surface area contributed by atoms with Crippen LogP contribution in [0.15, 0.2) is 42.5 Å². The maximum atomic E-state index is 11.6. The van der Waals surface area contributed by atoms with Crippen LogP contribution in [-0.2, 0) is 14.3 Å². The molecular formula is C14H14O6. The average molecular weight is 278 g/mol. The first kappa shape index (κ1) is 14.2. The zero-order chi connectivity index (χ0) is 14.5. The van der Waals surface area contributed by atoms with Gasteiger partial charge in [0.05, 0.1) is 5.56 Å². The molecule has 1 aliphatic heterocycles. The third kappa shape index (κ3) is 3.43. The Morgan fingerprint density at radius 3 is 2.60 bits per heavy atom. The van der Waals surface area contributed by atoms with Crippen molar-refractivity contribution >= 4 is 11.9 Å². The summed E-state index contributed by atoms with van der Waals surface area (Å²) in [7, 11) is 0. The maximum absolute atomic E-state index is 11.6. The maximum Gasteiger partial charge on any atom is 0.338 e. The lowest BCUT2D eigenvalue weighted by atomic mass is 10.1. The molecule has 3 atom stereocenters. The summed E-state index contributed by atoms with van der Waals surface area (Å²) in [6.45, 7) is -0.392. The molecule has 106 valence electrons. The van der Waals surface area contributed by atoms with Crippen LogP contribution < -0.4 is 0 Å². The highest BCUT2D eigenvalue weighted by atomic mass is 16.6. The van der Waals surface area contributed by atoms with Crippen LogP contribution in [0.2, 0.25) is 0 Å². The Morgan fingerprint density at radius 2 is 2.00 bits per heavy atom. The first-order chi connectivity index (χ1) is 9.58. The fourth-order valence-electron chi connectivity index (χ4n) is 1.71. The van der Waals surface area contributed by atoms with E-state index < -0.39 is 36.9 Å². The zero-order valence-corrected chi connectivity index (χ0v) is 10.5. The lowest BCUT2D eigenvalue weighted by Crippen LogP contribution is -2.40. The summed E-state index contributed by atoms with van der Waals surface area (Å²) >= 11 is 0. The SMILES string of the molecule is O=C1C=C[C@H]([C@H](O)[C@H](O)COC(=O)c2ccccc2)O1. The van der Waals surface area contributed by atoms with Crippen molar-refractivity contribution in [2.75, 3.05) is 6.61 Å². The minimum Gasteiger partial charge on any atom is -0.459 e. The Morgan fingerprint density at radius 1 is 1.30 bits per heavy atom. The highest BCUT2D eigenvalue weighted by molar-refractivity contribution is 5.89. The third-order valence-electron chi connectivity index (χ3n) is 2.80. The first-order valence-corrected chi connectivity index (χ1v) is 6.05. The molecule has 0 radical (unpaired) electrons. The number of hydrogen-bond donors (Lipinski definition) is 2. The lowest BCUT2D eigenvalue weighted by Gasteiger charge is -2.21. The molecule has 0 amide bonds. The molecule has 6 heteroatoms. The second-order valence-electron chi connectivity index (χ2n) is 4.28. The molecule has 2 rings (SSSR count). The van der Waals surface area contributed by atoms with Crippen LogP contribution in [0.3, 0.4) is 0 Å². The van der Waals surface area contributed by atoms with Gasteiger partial charge in [0.15, 0.2) is 0 Å². The summed E-state index contributed by atoms with van der Waals surface area (Å²) < 4.78 is 9.62. The van der Waals surface area contributed by atoms with Crippen LogP contribution in [0.5, 0.6) is 0 Å². The molecule has 0 spiro atoms. The fraction of sp³-hybridized carbons (Fsp3) is 0.286. The van der Waals surface area contributed by atoms with E-state index in [4.69, 9.17) is 9.47 Å². The summed E-state index contributed by atoms with van der Waals surface area (Å²) in [5, 5.41) is 19.5. The Balaban J connectivity index is 1.83. The minimum absolute atomic E-state index is 0.348. The smallest absolute Gasteiger partial charge is 0.338 e. The van der Waals surface area contributed by atoms with Crippen molar-refractivity contribution in [1.82, 2.24) is 0 Å². The van der Waals surface area contributed by atoms with E-state index in [0.717, 1.165) is 6.08 Å². The second kappa shape index (κ2) is 6.31. The molecule has 0 fully saturated rings. The summed E-state index contributed by atoms with van der Waals surface area (Å²) in [5.41, 5.74) is 0.348. The van der Waals surface area contributed by atoms with Crippen LogP contribution in [0.25, 0.3) is 0 Å². The van der Waals surface area contributed by atoms with Gasteiger partial charge in [0.2, 0.25) is 0 Å². The molecule has 1 aromatic carbocycles. The molecule has 1 heterocycles. The van der Waals surface area contributed by atoms with E-state index in [-0.39, 0.29) is 0 Å². The van der Waals surface area contributed by atoms with E-state index in [1.54, 1.807) is 30.3 Å². The number of carbonyl (C=O) groups excluding carboxylic acids is 2.